The number of carbonyl (C=O) groups is 1. The summed E-state index contributed by atoms with van der Waals surface area (Å²) in [5.74, 6) is -0.323. The monoisotopic (exact) mass is 255 g/mol. The molecule has 0 aromatic carbocycles. The molecule has 0 spiro atoms. The van der Waals surface area contributed by atoms with Gasteiger partial charge in [0, 0.05) is 24.7 Å². The molecule has 0 aromatic rings. The van der Waals surface area contributed by atoms with Crippen molar-refractivity contribution in [1.82, 2.24) is 4.90 Å². The number of nitrogens with zero attached hydrogens (tertiary/aromatic N) is 1. The minimum Gasteiger partial charge on any atom is -0.463 e. The summed E-state index contributed by atoms with van der Waals surface area (Å²) in [7, 11) is 0. The van der Waals surface area contributed by atoms with Crippen molar-refractivity contribution in [2.75, 3.05) is 26.3 Å². The third kappa shape index (κ3) is 4.78. The van der Waals surface area contributed by atoms with Crippen LogP contribution in [0.2, 0.25) is 0 Å². The van der Waals surface area contributed by atoms with Gasteiger partial charge in [-0.2, -0.15) is 0 Å². The van der Waals surface area contributed by atoms with Crippen LogP contribution in [0.15, 0.2) is 12.2 Å². The lowest BCUT2D eigenvalue weighted by atomic mass is 9.94. The summed E-state index contributed by atoms with van der Waals surface area (Å²) >= 11 is 0. The molecule has 4 heteroatoms. The van der Waals surface area contributed by atoms with E-state index in [4.69, 9.17) is 9.84 Å². The van der Waals surface area contributed by atoms with Crippen LogP contribution in [0.4, 0.5) is 0 Å². The molecule has 0 heterocycles. The van der Waals surface area contributed by atoms with Gasteiger partial charge in [-0.3, -0.25) is 4.90 Å². The van der Waals surface area contributed by atoms with E-state index in [0.29, 0.717) is 31.3 Å². The van der Waals surface area contributed by atoms with Crippen LogP contribution >= 0.6 is 0 Å². The zero-order valence-electron chi connectivity index (χ0n) is 11.4. The number of rotatable bonds is 7. The van der Waals surface area contributed by atoms with Crippen LogP contribution in [0, 0.1) is 0 Å². The second kappa shape index (κ2) is 8.27. The summed E-state index contributed by atoms with van der Waals surface area (Å²) in [5.41, 5.74) is 0.482. The quantitative estimate of drug-likeness (QED) is 0.556. The fourth-order valence-corrected chi connectivity index (χ4v) is 2.51. The minimum atomic E-state index is -0.323. The number of ether oxygens (including phenoxy) is 1. The third-order valence-electron chi connectivity index (χ3n) is 3.44. The van der Waals surface area contributed by atoms with Gasteiger partial charge < -0.3 is 9.84 Å². The molecule has 0 aromatic heterocycles. The standard InChI is InChI=1S/C14H25NO3/c1-3-18-14(17)12(2)11-15(9-10-16)13-7-5-4-6-8-13/h13,16H,2-11H2,1H3. The van der Waals surface area contributed by atoms with Crippen molar-refractivity contribution < 1.29 is 14.6 Å². The van der Waals surface area contributed by atoms with Crippen molar-refractivity contribution in [3.63, 3.8) is 0 Å². The number of hydrogen-bond donors (Lipinski definition) is 1. The van der Waals surface area contributed by atoms with Crippen LogP contribution in [-0.4, -0.2) is 48.3 Å². The van der Waals surface area contributed by atoms with Crippen molar-refractivity contribution in [3.05, 3.63) is 12.2 Å². The zero-order valence-corrected chi connectivity index (χ0v) is 11.4. The maximum atomic E-state index is 11.6. The predicted molar refractivity (Wildman–Crippen MR) is 71.3 cm³/mol. The molecule has 0 aliphatic heterocycles. The predicted octanol–water partition coefficient (Wildman–Crippen LogP) is 1.73. The van der Waals surface area contributed by atoms with Crippen LogP contribution < -0.4 is 0 Å². The van der Waals surface area contributed by atoms with Gasteiger partial charge in [0.25, 0.3) is 0 Å². The van der Waals surface area contributed by atoms with Gasteiger partial charge in [0.1, 0.15) is 0 Å². The Morgan fingerprint density at radius 2 is 2.06 bits per heavy atom. The molecule has 0 unspecified atom stereocenters. The molecule has 18 heavy (non-hydrogen) atoms. The van der Waals surface area contributed by atoms with E-state index in [1.54, 1.807) is 6.92 Å². The fourth-order valence-electron chi connectivity index (χ4n) is 2.51. The highest BCUT2D eigenvalue weighted by molar-refractivity contribution is 5.88. The molecule has 0 amide bonds. The normalized spacial score (nSPS) is 16.8. The van der Waals surface area contributed by atoms with Gasteiger partial charge in [-0.25, -0.2) is 4.79 Å². The second-order valence-electron chi connectivity index (χ2n) is 4.81. The van der Waals surface area contributed by atoms with E-state index in [0.717, 1.165) is 12.8 Å². The first kappa shape index (κ1) is 15.2. The van der Waals surface area contributed by atoms with Crippen molar-refractivity contribution in [3.8, 4) is 0 Å². The Morgan fingerprint density at radius 1 is 1.39 bits per heavy atom. The van der Waals surface area contributed by atoms with Gasteiger partial charge in [-0.15, -0.1) is 0 Å². The van der Waals surface area contributed by atoms with E-state index < -0.39 is 0 Å². The van der Waals surface area contributed by atoms with Crippen molar-refractivity contribution in [2.24, 2.45) is 0 Å². The maximum absolute atomic E-state index is 11.6. The molecule has 4 nitrogen and oxygen atoms in total. The van der Waals surface area contributed by atoms with Crippen LogP contribution in [-0.2, 0) is 9.53 Å². The number of aliphatic hydroxyl groups is 1. The van der Waals surface area contributed by atoms with E-state index in [-0.39, 0.29) is 12.6 Å². The average molecular weight is 255 g/mol. The molecule has 1 aliphatic rings. The van der Waals surface area contributed by atoms with Crippen molar-refractivity contribution in [1.29, 1.82) is 0 Å². The first-order valence-corrected chi connectivity index (χ1v) is 6.88. The van der Waals surface area contributed by atoms with Gasteiger partial charge >= 0.3 is 5.97 Å². The van der Waals surface area contributed by atoms with Crippen LogP contribution in [0.5, 0.6) is 0 Å². The smallest absolute Gasteiger partial charge is 0.334 e. The SMILES string of the molecule is C=C(CN(CCO)C1CCCCC1)C(=O)OCC. The molecule has 1 saturated carbocycles. The molecule has 0 saturated heterocycles. The van der Waals surface area contributed by atoms with Crippen LogP contribution in [0.1, 0.15) is 39.0 Å². The Balaban J connectivity index is 2.50. The molecule has 0 atom stereocenters. The number of carbonyl (C=O) groups excluding carboxylic acids is 1. The first-order chi connectivity index (χ1) is 8.69. The maximum Gasteiger partial charge on any atom is 0.334 e. The number of esters is 1. The summed E-state index contributed by atoms with van der Waals surface area (Å²) in [4.78, 5) is 13.7. The molecule has 104 valence electrons. The largest absolute Gasteiger partial charge is 0.463 e. The highest BCUT2D eigenvalue weighted by Gasteiger charge is 2.22. The minimum absolute atomic E-state index is 0.118. The van der Waals surface area contributed by atoms with E-state index >= 15 is 0 Å². The Kier molecular flexibility index (Phi) is 6.98. The Bertz CT molecular complexity index is 272. The fraction of sp³-hybridized carbons (Fsp3) is 0.786. The van der Waals surface area contributed by atoms with Crippen molar-refractivity contribution >= 4 is 5.97 Å². The lowest BCUT2D eigenvalue weighted by Crippen LogP contribution is -2.40. The molecule has 0 radical (unpaired) electrons. The Labute approximate surface area is 110 Å². The Morgan fingerprint density at radius 3 is 2.61 bits per heavy atom. The van der Waals surface area contributed by atoms with E-state index in [9.17, 15) is 4.79 Å². The zero-order chi connectivity index (χ0) is 13.4. The number of aliphatic hydroxyl groups excluding tert-OH is 1. The van der Waals surface area contributed by atoms with Gasteiger partial charge in [-0.1, -0.05) is 25.8 Å². The van der Waals surface area contributed by atoms with Gasteiger partial charge in [0.05, 0.1) is 13.2 Å². The Hall–Kier alpha value is -0.870. The molecule has 0 bridgehead atoms. The lowest BCUT2D eigenvalue weighted by Gasteiger charge is -2.34. The average Bonchev–Trinajstić information content (AvgIpc) is 2.39. The van der Waals surface area contributed by atoms with E-state index in [1.165, 1.54) is 19.3 Å². The van der Waals surface area contributed by atoms with E-state index in [2.05, 4.69) is 11.5 Å². The first-order valence-electron chi connectivity index (χ1n) is 6.88. The molecule has 1 rings (SSSR count). The molecule has 1 aliphatic carbocycles. The van der Waals surface area contributed by atoms with Crippen LogP contribution in [0.25, 0.3) is 0 Å². The third-order valence-corrected chi connectivity index (χ3v) is 3.44. The lowest BCUT2D eigenvalue weighted by molar-refractivity contribution is -0.138. The highest BCUT2D eigenvalue weighted by Crippen LogP contribution is 2.23. The summed E-state index contributed by atoms with van der Waals surface area (Å²) in [6.45, 7) is 7.18. The molecular weight excluding hydrogens is 230 g/mol. The summed E-state index contributed by atoms with van der Waals surface area (Å²) in [5, 5.41) is 9.13. The summed E-state index contributed by atoms with van der Waals surface area (Å²) in [6, 6.07) is 0.470. The van der Waals surface area contributed by atoms with Gasteiger partial charge in [-0.05, 0) is 19.8 Å². The molecule has 1 fully saturated rings. The summed E-state index contributed by atoms with van der Waals surface area (Å²) < 4.78 is 4.94. The molecular formula is C14H25NO3. The topological polar surface area (TPSA) is 49.8 Å². The molecule has 1 N–H and O–H groups in total. The summed E-state index contributed by atoms with van der Waals surface area (Å²) in [6.07, 6.45) is 6.06. The van der Waals surface area contributed by atoms with Gasteiger partial charge in [0.15, 0.2) is 0 Å². The van der Waals surface area contributed by atoms with E-state index in [1.807, 2.05) is 0 Å². The van der Waals surface area contributed by atoms with Crippen LogP contribution in [0.3, 0.4) is 0 Å². The highest BCUT2D eigenvalue weighted by atomic mass is 16.5. The van der Waals surface area contributed by atoms with Gasteiger partial charge in [0.2, 0.25) is 0 Å². The van der Waals surface area contributed by atoms with Crippen molar-refractivity contribution in [2.45, 2.75) is 45.1 Å². The second-order valence-corrected chi connectivity index (χ2v) is 4.81. The number of hydrogen-bond acceptors (Lipinski definition) is 4.